The molecule has 11 heteroatoms. The minimum absolute atomic E-state index is 0. The highest BCUT2D eigenvalue weighted by atomic mass is 35.5. The number of thiol groups is 1. The fourth-order valence-electron chi connectivity index (χ4n) is 1.01. The average molecular weight is 432 g/mol. The van der Waals surface area contributed by atoms with Gasteiger partial charge in [0.1, 0.15) is 21.9 Å². The lowest BCUT2D eigenvalue weighted by Crippen LogP contribution is -1.94. The topological polar surface area (TPSA) is 104 Å². The summed E-state index contributed by atoms with van der Waals surface area (Å²) in [6, 6.07) is 2.95. The van der Waals surface area contributed by atoms with Crippen molar-refractivity contribution >= 4 is 70.8 Å². The van der Waals surface area contributed by atoms with Gasteiger partial charge in [-0.15, -0.1) is 0 Å². The number of nitrogens with two attached hydrogens (primary N) is 2. The van der Waals surface area contributed by atoms with Crippen LogP contribution in [0.2, 0.25) is 15.6 Å². The molecular formula is C13H21Cl3N6S2. The molecule has 0 fully saturated rings. The van der Waals surface area contributed by atoms with E-state index in [1.165, 1.54) is 23.9 Å². The normalized spacial score (nSPS) is 8.92. The third-order valence-electron chi connectivity index (χ3n) is 1.66. The summed E-state index contributed by atoms with van der Waals surface area (Å²) in [5.74, 6) is 2.56. The van der Waals surface area contributed by atoms with Gasteiger partial charge in [0.25, 0.3) is 0 Å². The Bertz CT molecular complexity index is 533. The van der Waals surface area contributed by atoms with Crippen molar-refractivity contribution in [2.45, 2.75) is 26.4 Å². The molecule has 0 unspecified atom stereocenters. The summed E-state index contributed by atoms with van der Waals surface area (Å²) in [7, 11) is 0. The summed E-state index contributed by atoms with van der Waals surface area (Å²) in [6.07, 6.45) is 0. The number of nitrogen functional groups attached to an aromatic ring is 2. The van der Waals surface area contributed by atoms with Crippen molar-refractivity contribution in [3.05, 3.63) is 27.7 Å². The van der Waals surface area contributed by atoms with Crippen molar-refractivity contribution in [1.82, 2.24) is 19.9 Å². The van der Waals surface area contributed by atoms with Crippen LogP contribution in [0.25, 0.3) is 0 Å². The van der Waals surface area contributed by atoms with Gasteiger partial charge in [0.05, 0.1) is 0 Å². The Balaban J connectivity index is 0. The SMILES string of the molecule is C.CCS.CCSc1nc(N)cc(Cl)n1.Nc1cc(Cl)nc(Cl)n1. The van der Waals surface area contributed by atoms with E-state index in [1.54, 1.807) is 0 Å². The van der Waals surface area contributed by atoms with E-state index in [0.717, 1.165) is 11.5 Å². The van der Waals surface area contributed by atoms with Crippen LogP contribution in [0.5, 0.6) is 0 Å². The molecule has 136 valence electrons. The van der Waals surface area contributed by atoms with Crippen LogP contribution in [-0.2, 0) is 0 Å². The molecule has 0 spiro atoms. The van der Waals surface area contributed by atoms with Crippen molar-refractivity contribution in [1.29, 1.82) is 0 Å². The second-order valence-corrected chi connectivity index (χ2v) is 6.51. The Labute approximate surface area is 167 Å². The van der Waals surface area contributed by atoms with E-state index in [2.05, 4.69) is 32.6 Å². The van der Waals surface area contributed by atoms with Crippen molar-refractivity contribution in [2.75, 3.05) is 23.0 Å². The van der Waals surface area contributed by atoms with Gasteiger partial charge in [-0.3, -0.25) is 0 Å². The second-order valence-electron chi connectivity index (χ2n) is 3.53. The third-order valence-corrected chi connectivity index (χ3v) is 2.94. The maximum atomic E-state index is 5.64. The molecule has 0 radical (unpaired) electrons. The number of thioether (sulfide) groups is 1. The summed E-state index contributed by atoms with van der Waals surface area (Å²) in [5, 5.41) is 1.36. The highest BCUT2D eigenvalue weighted by molar-refractivity contribution is 7.99. The highest BCUT2D eigenvalue weighted by Crippen LogP contribution is 2.16. The number of hydrogen-bond donors (Lipinski definition) is 3. The molecule has 0 aliphatic carbocycles. The van der Waals surface area contributed by atoms with Crippen molar-refractivity contribution in [3.63, 3.8) is 0 Å². The first-order chi connectivity index (χ1) is 10.8. The van der Waals surface area contributed by atoms with Gasteiger partial charge in [-0.25, -0.2) is 19.9 Å². The maximum Gasteiger partial charge on any atom is 0.225 e. The largest absolute Gasteiger partial charge is 0.384 e. The quantitative estimate of drug-likeness (QED) is 0.272. The molecule has 0 saturated carbocycles. The molecule has 2 heterocycles. The zero-order chi connectivity index (χ0) is 17.8. The summed E-state index contributed by atoms with van der Waals surface area (Å²) >= 11 is 21.7. The van der Waals surface area contributed by atoms with E-state index in [1.807, 2.05) is 13.8 Å². The fourth-order valence-corrected chi connectivity index (χ4v) is 2.27. The second kappa shape index (κ2) is 14.7. The van der Waals surface area contributed by atoms with Gasteiger partial charge in [0.2, 0.25) is 5.28 Å². The van der Waals surface area contributed by atoms with Crippen LogP contribution in [0.3, 0.4) is 0 Å². The van der Waals surface area contributed by atoms with E-state index in [9.17, 15) is 0 Å². The van der Waals surface area contributed by atoms with Crippen LogP contribution < -0.4 is 11.5 Å². The van der Waals surface area contributed by atoms with Gasteiger partial charge >= 0.3 is 0 Å². The molecule has 2 aromatic heterocycles. The van der Waals surface area contributed by atoms with Crippen molar-refractivity contribution in [3.8, 4) is 0 Å². The Morgan fingerprint density at radius 1 is 0.958 bits per heavy atom. The average Bonchev–Trinajstić information content (AvgIpc) is 2.37. The molecule has 0 saturated heterocycles. The molecular weight excluding hydrogens is 411 g/mol. The molecule has 2 rings (SSSR count). The molecule has 6 nitrogen and oxygen atoms in total. The molecule has 0 amide bonds. The van der Waals surface area contributed by atoms with Crippen LogP contribution in [-0.4, -0.2) is 31.4 Å². The first-order valence-corrected chi connectivity index (χ1v) is 9.06. The maximum absolute atomic E-state index is 5.64. The van der Waals surface area contributed by atoms with Gasteiger partial charge in [-0.1, -0.05) is 56.2 Å². The first-order valence-electron chi connectivity index (χ1n) is 6.31. The fraction of sp³-hybridized carbons (Fsp3) is 0.385. The minimum atomic E-state index is 0. The Kier molecular flexibility index (Phi) is 15.6. The number of halogens is 3. The van der Waals surface area contributed by atoms with Crippen molar-refractivity contribution in [2.24, 2.45) is 0 Å². The molecule has 2 aromatic rings. The Morgan fingerprint density at radius 2 is 1.42 bits per heavy atom. The van der Waals surface area contributed by atoms with E-state index in [4.69, 9.17) is 46.3 Å². The number of rotatable bonds is 2. The number of aromatic nitrogens is 4. The van der Waals surface area contributed by atoms with Crippen LogP contribution in [0.15, 0.2) is 17.3 Å². The van der Waals surface area contributed by atoms with Crippen LogP contribution in [0, 0.1) is 0 Å². The highest BCUT2D eigenvalue weighted by Gasteiger charge is 1.99. The Hall–Kier alpha value is -0.670. The van der Waals surface area contributed by atoms with E-state index in [-0.39, 0.29) is 23.7 Å². The summed E-state index contributed by atoms with van der Waals surface area (Å²) in [6.45, 7) is 4.01. The summed E-state index contributed by atoms with van der Waals surface area (Å²) in [4.78, 5) is 15.1. The molecule has 0 aliphatic rings. The monoisotopic (exact) mass is 430 g/mol. The smallest absolute Gasteiger partial charge is 0.225 e. The van der Waals surface area contributed by atoms with E-state index < -0.39 is 0 Å². The van der Waals surface area contributed by atoms with Crippen molar-refractivity contribution < 1.29 is 0 Å². The van der Waals surface area contributed by atoms with Gasteiger partial charge in [0, 0.05) is 12.1 Å². The lowest BCUT2D eigenvalue weighted by molar-refractivity contribution is 0.977. The standard InChI is InChI=1S/C6H8ClN3S.C4H3Cl2N3.C2H6S.CH4/c1-2-11-6-9-4(7)3-5(8)10-6;5-2-1-3(7)9-4(6)8-2;1-2-3;/h3H,2H2,1H3,(H2,8,9,10);1H,(H2,7,8,9);3H,2H2,1H3;1H4. The number of nitrogens with zero attached hydrogens (tertiary/aromatic N) is 4. The zero-order valence-corrected chi connectivity index (χ0v) is 16.5. The summed E-state index contributed by atoms with van der Waals surface area (Å²) < 4.78 is 0. The lowest BCUT2D eigenvalue weighted by atomic mass is 10.6. The summed E-state index contributed by atoms with van der Waals surface area (Å²) in [5.41, 5.74) is 10.7. The lowest BCUT2D eigenvalue weighted by Gasteiger charge is -1.98. The van der Waals surface area contributed by atoms with Gasteiger partial charge < -0.3 is 11.5 Å². The predicted octanol–water partition coefficient (Wildman–Crippen LogP) is 4.76. The molecule has 0 bridgehead atoms. The Morgan fingerprint density at radius 3 is 1.79 bits per heavy atom. The minimum Gasteiger partial charge on any atom is -0.384 e. The molecule has 0 aromatic carbocycles. The third kappa shape index (κ3) is 12.7. The van der Waals surface area contributed by atoms with Crippen LogP contribution in [0.4, 0.5) is 11.6 Å². The number of anilines is 2. The molecule has 0 atom stereocenters. The molecule has 0 aliphatic heterocycles. The molecule has 24 heavy (non-hydrogen) atoms. The van der Waals surface area contributed by atoms with E-state index >= 15 is 0 Å². The molecule has 4 N–H and O–H groups in total. The van der Waals surface area contributed by atoms with Crippen LogP contribution >= 0.6 is 59.2 Å². The zero-order valence-electron chi connectivity index (χ0n) is 12.5. The number of hydrogen-bond acceptors (Lipinski definition) is 8. The van der Waals surface area contributed by atoms with Gasteiger partial charge in [-0.05, 0) is 23.1 Å². The van der Waals surface area contributed by atoms with Gasteiger partial charge in [0.15, 0.2) is 5.16 Å². The van der Waals surface area contributed by atoms with E-state index in [0.29, 0.717) is 16.1 Å². The first kappa shape index (κ1) is 25.6. The van der Waals surface area contributed by atoms with Gasteiger partial charge in [-0.2, -0.15) is 12.6 Å². The predicted molar refractivity (Wildman–Crippen MR) is 111 cm³/mol. The van der Waals surface area contributed by atoms with Crippen LogP contribution in [0.1, 0.15) is 21.3 Å².